The lowest BCUT2D eigenvalue weighted by Gasteiger charge is -2.27. The van der Waals surface area contributed by atoms with Crippen LogP contribution in [0.4, 0.5) is 5.69 Å². The number of imide groups is 1. The molecule has 2 aromatic carbocycles. The van der Waals surface area contributed by atoms with E-state index in [0.717, 1.165) is 6.42 Å². The van der Waals surface area contributed by atoms with Crippen molar-refractivity contribution in [1.29, 1.82) is 5.26 Å². The quantitative estimate of drug-likeness (QED) is 0.603. The molecule has 0 spiro atoms. The minimum atomic E-state index is -0.815. The summed E-state index contributed by atoms with van der Waals surface area (Å²) >= 11 is 0. The molecule has 0 radical (unpaired) electrons. The Labute approximate surface area is 137 Å². The minimum Gasteiger partial charge on any atom is -0.368 e. The van der Waals surface area contributed by atoms with Gasteiger partial charge in [-0.15, -0.1) is 5.06 Å². The number of carbonyl (C=O) groups is 2. The van der Waals surface area contributed by atoms with Crippen molar-refractivity contribution in [2.75, 3.05) is 18.0 Å². The second-order valence-corrected chi connectivity index (χ2v) is 6.08. The summed E-state index contributed by atoms with van der Waals surface area (Å²) in [5, 5.41) is 20.5. The standard InChI is InChI=1S/C17H14N4O3/c18-7-9-6-13-14-11(15(9)20-5-4-10(19)8-20)2-1-3-12(14)16(22)21(24)17(13)23/h1-3,6,10,24H,4-5,8,19H2. The zero-order chi connectivity index (χ0) is 17.0. The molecule has 7 nitrogen and oxygen atoms in total. The lowest BCUT2D eigenvalue weighted by atomic mass is 9.91. The number of hydroxylamine groups is 2. The molecule has 2 aliphatic heterocycles. The maximum atomic E-state index is 12.3. The van der Waals surface area contributed by atoms with Crippen molar-refractivity contribution in [2.45, 2.75) is 12.5 Å². The summed E-state index contributed by atoms with van der Waals surface area (Å²) in [7, 11) is 0. The van der Waals surface area contributed by atoms with E-state index in [1.807, 2.05) is 4.90 Å². The molecule has 0 aliphatic carbocycles. The second kappa shape index (κ2) is 5.03. The Balaban J connectivity index is 2.08. The first-order chi connectivity index (χ1) is 11.5. The number of hydrogen-bond donors (Lipinski definition) is 2. The van der Waals surface area contributed by atoms with Gasteiger partial charge in [0.25, 0.3) is 11.8 Å². The molecule has 2 aromatic rings. The first-order valence-corrected chi connectivity index (χ1v) is 7.61. The average molecular weight is 322 g/mol. The summed E-state index contributed by atoms with van der Waals surface area (Å²) in [5.41, 5.74) is 7.42. The second-order valence-electron chi connectivity index (χ2n) is 6.08. The molecule has 2 heterocycles. The van der Waals surface area contributed by atoms with E-state index in [1.165, 1.54) is 6.07 Å². The van der Waals surface area contributed by atoms with Crippen LogP contribution in [0, 0.1) is 11.3 Å². The Bertz CT molecular complexity index is 947. The van der Waals surface area contributed by atoms with Crippen molar-refractivity contribution in [3.63, 3.8) is 0 Å². The molecule has 3 N–H and O–H groups in total. The number of hydrogen-bond acceptors (Lipinski definition) is 6. The predicted molar refractivity (Wildman–Crippen MR) is 85.8 cm³/mol. The van der Waals surface area contributed by atoms with Gasteiger partial charge in [-0.3, -0.25) is 14.8 Å². The van der Waals surface area contributed by atoms with Crippen LogP contribution in [0.3, 0.4) is 0 Å². The highest BCUT2D eigenvalue weighted by Crippen LogP contribution is 2.39. The smallest absolute Gasteiger partial charge is 0.285 e. The van der Waals surface area contributed by atoms with Crippen molar-refractivity contribution in [2.24, 2.45) is 5.73 Å². The molecule has 1 fully saturated rings. The topological polar surface area (TPSA) is 111 Å². The molecule has 24 heavy (non-hydrogen) atoms. The molecule has 120 valence electrons. The number of nitrogens with two attached hydrogens (primary N) is 1. The maximum Gasteiger partial charge on any atom is 0.285 e. The average Bonchev–Trinajstić information content (AvgIpc) is 3.02. The summed E-state index contributed by atoms with van der Waals surface area (Å²) in [6.07, 6.45) is 0.816. The van der Waals surface area contributed by atoms with Crippen LogP contribution in [0.25, 0.3) is 10.8 Å². The van der Waals surface area contributed by atoms with Crippen LogP contribution in [-0.4, -0.2) is 41.2 Å². The monoisotopic (exact) mass is 322 g/mol. The van der Waals surface area contributed by atoms with Crippen LogP contribution >= 0.6 is 0 Å². The van der Waals surface area contributed by atoms with Gasteiger partial charge < -0.3 is 10.6 Å². The van der Waals surface area contributed by atoms with E-state index in [-0.39, 0.29) is 22.2 Å². The van der Waals surface area contributed by atoms with Gasteiger partial charge in [-0.25, -0.2) is 0 Å². The first kappa shape index (κ1) is 14.6. The van der Waals surface area contributed by atoms with E-state index in [9.17, 15) is 20.1 Å². The highest BCUT2D eigenvalue weighted by molar-refractivity contribution is 6.26. The summed E-state index contributed by atoms with van der Waals surface area (Å²) in [6, 6.07) is 8.64. The molecule has 2 amide bonds. The van der Waals surface area contributed by atoms with Gasteiger partial charge in [-0.05, 0) is 18.6 Å². The number of amides is 2. The maximum absolute atomic E-state index is 12.3. The Morgan fingerprint density at radius 2 is 2.00 bits per heavy atom. The van der Waals surface area contributed by atoms with Gasteiger partial charge in [-0.2, -0.15) is 5.26 Å². The summed E-state index contributed by atoms with van der Waals surface area (Å²) in [5.74, 6) is -1.57. The van der Waals surface area contributed by atoms with Crippen molar-refractivity contribution in [3.05, 3.63) is 41.0 Å². The van der Waals surface area contributed by atoms with Crippen LogP contribution in [-0.2, 0) is 0 Å². The highest BCUT2D eigenvalue weighted by atomic mass is 16.5. The van der Waals surface area contributed by atoms with Crippen molar-refractivity contribution < 1.29 is 14.8 Å². The minimum absolute atomic E-state index is 0.0264. The van der Waals surface area contributed by atoms with Crippen molar-refractivity contribution in [3.8, 4) is 6.07 Å². The van der Waals surface area contributed by atoms with Gasteiger partial charge in [0, 0.05) is 29.9 Å². The third-order valence-electron chi connectivity index (χ3n) is 4.64. The summed E-state index contributed by atoms with van der Waals surface area (Å²) < 4.78 is 0. The van der Waals surface area contributed by atoms with E-state index in [4.69, 9.17) is 5.73 Å². The van der Waals surface area contributed by atoms with E-state index in [0.29, 0.717) is 35.1 Å². The number of nitriles is 1. The third kappa shape index (κ3) is 1.84. The van der Waals surface area contributed by atoms with E-state index < -0.39 is 11.8 Å². The first-order valence-electron chi connectivity index (χ1n) is 7.61. The molecule has 0 bridgehead atoms. The summed E-state index contributed by atoms with van der Waals surface area (Å²) in [4.78, 5) is 26.5. The third-order valence-corrected chi connectivity index (χ3v) is 4.64. The zero-order valence-electron chi connectivity index (χ0n) is 12.7. The Kier molecular flexibility index (Phi) is 3.06. The van der Waals surface area contributed by atoms with E-state index in [2.05, 4.69) is 6.07 Å². The molecule has 0 saturated carbocycles. The molecule has 7 heteroatoms. The van der Waals surface area contributed by atoms with Gasteiger partial charge >= 0.3 is 0 Å². The van der Waals surface area contributed by atoms with Gasteiger partial charge in [0.1, 0.15) is 6.07 Å². The lowest BCUT2D eigenvalue weighted by molar-refractivity contribution is -0.0377. The van der Waals surface area contributed by atoms with Gasteiger partial charge in [0.2, 0.25) is 0 Å². The number of benzene rings is 2. The van der Waals surface area contributed by atoms with E-state index in [1.54, 1.807) is 18.2 Å². The molecule has 4 rings (SSSR count). The fourth-order valence-electron chi connectivity index (χ4n) is 3.55. The van der Waals surface area contributed by atoms with Crippen LogP contribution in [0.2, 0.25) is 0 Å². The number of anilines is 1. The van der Waals surface area contributed by atoms with Gasteiger partial charge in [-0.1, -0.05) is 12.1 Å². The fourth-order valence-corrected chi connectivity index (χ4v) is 3.55. The molecule has 1 unspecified atom stereocenters. The molecule has 1 saturated heterocycles. The molecule has 1 atom stereocenters. The highest BCUT2D eigenvalue weighted by Gasteiger charge is 2.35. The molecular formula is C17H14N4O3. The van der Waals surface area contributed by atoms with Crippen LogP contribution in [0.5, 0.6) is 0 Å². The van der Waals surface area contributed by atoms with E-state index >= 15 is 0 Å². The predicted octanol–water partition coefficient (Wildman–Crippen LogP) is 1.23. The fraction of sp³-hybridized carbons (Fsp3) is 0.235. The van der Waals surface area contributed by atoms with Gasteiger partial charge in [0.05, 0.1) is 22.4 Å². The van der Waals surface area contributed by atoms with Crippen molar-refractivity contribution >= 4 is 28.3 Å². The molecule has 0 aromatic heterocycles. The van der Waals surface area contributed by atoms with Crippen LogP contribution < -0.4 is 10.6 Å². The zero-order valence-corrected chi connectivity index (χ0v) is 12.7. The number of nitrogens with zero attached hydrogens (tertiary/aromatic N) is 3. The molecule has 2 aliphatic rings. The van der Waals surface area contributed by atoms with Gasteiger partial charge in [0.15, 0.2) is 0 Å². The van der Waals surface area contributed by atoms with Crippen LogP contribution in [0.1, 0.15) is 32.7 Å². The largest absolute Gasteiger partial charge is 0.368 e. The Hall–Kier alpha value is -2.95. The molecular weight excluding hydrogens is 308 g/mol. The number of rotatable bonds is 1. The van der Waals surface area contributed by atoms with Crippen LogP contribution in [0.15, 0.2) is 24.3 Å². The Morgan fingerprint density at radius 1 is 1.25 bits per heavy atom. The number of carbonyl (C=O) groups excluding carboxylic acids is 2. The Morgan fingerprint density at radius 3 is 2.67 bits per heavy atom. The normalized spacial score (nSPS) is 20.0. The summed E-state index contributed by atoms with van der Waals surface area (Å²) in [6.45, 7) is 1.32. The lowest BCUT2D eigenvalue weighted by Crippen LogP contribution is -2.37. The van der Waals surface area contributed by atoms with Crippen molar-refractivity contribution in [1.82, 2.24) is 5.06 Å². The SMILES string of the molecule is N#Cc1cc2c3c(cccc3c1N1CCC(N)C1)C(=O)N(O)C2=O.